The van der Waals surface area contributed by atoms with Crippen LogP contribution >= 0.6 is 0 Å². The number of halogens is 2. The number of likely N-dealkylation sites (tertiary alicyclic amines) is 2. The van der Waals surface area contributed by atoms with E-state index < -0.39 is 12.0 Å². The summed E-state index contributed by atoms with van der Waals surface area (Å²) in [6, 6.07) is 1.49. The van der Waals surface area contributed by atoms with E-state index in [1.54, 1.807) is 23.4 Å². The van der Waals surface area contributed by atoms with E-state index in [-0.39, 0.29) is 51.0 Å². The van der Waals surface area contributed by atoms with Gasteiger partial charge in [0.25, 0.3) is 5.92 Å². The Hall–Kier alpha value is -1.54. The van der Waals surface area contributed by atoms with Crippen molar-refractivity contribution in [1.82, 2.24) is 19.6 Å². The zero-order valence-electron chi connectivity index (χ0n) is 12.2. The number of piperidine rings is 1. The number of amides is 1. The number of carbonyl (C=O) groups is 1. The van der Waals surface area contributed by atoms with E-state index in [2.05, 4.69) is 5.10 Å². The summed E-state index contributed by atoms with van der Waals surface area (Å²) in [6.45, 7) is 1.28. The van der Waals surface area contributed by atoms with Crippen molar-refractivity contribution in [2.45, 2.75) is 37.5 Å². The number of β-amino-alcohol motifs (C(OH)–C–C–N with tert-alkyl or cyclic N) is 1. The van der Waals surface area contributed by atoms with Crippen molar-refractivity contribution in [2.75, 3.05) is 26.2 Å². The zero-order chi connectivity index (χ0) is 15.7. The molecular weight excluding hydrogens is 294 g/mol. The number of hydrogen-bond donors (Lipinski definition) is 1. The zero-order valence-corrected chi connectivity index (χ0v) is 12.2. The van der Waals surface area contributed by atoms with Gasteiger partial charge in [-0.2, -0.15) is 5.10 Å². The fourth-order valence-corrected chi connectivity index (χ4v) is 3.15. The molecule has 2 saturated heterocycles. The van der Waals surface area contributed by atoms with E-state index in [0.717, 1.165) is 0 Å². The Kier molecular flexibility index (Phi) is 4.14. The minimum atomic E-state index is -2.60. The van der Waals surface area contributed by atoms with Gasteiger partial charge in [0.15, 0.2) is 0 Å². The topological polar surface area (TPSA) is 61.6 Å². The Labute approximate surface area is 127 Å². The van der Waals surface area contributed by atoms with Gasteiger partial charge in [-0.1, -0.05) is 0 Å². The summed E-state index contributed by atoms with van der Waals surface area (Å²) in [4.78, 5) is 15.7. The van der Waals surface area contributed by atoms with Crippen LogP contribution in [0.2, 0.25) is 0 Å². The van der Waals surface area contributed by atoms with Crippen molar-refractivity contribution >= 4 is 5.91 Å². The standard InChI is InChI=1S/C14H20F2N4O2/c15-14(16)2-6-18(7-3-14)11-8-19(9-12(11)21)13(22)10-20-5-1-4-17-20/h1,4-5,11-12,21H,2-3,6-10H2/t11-,12-/m1/s1. The third-order valence-electron chi connectivity index (χ3n) is 4.47. The second-order valence-electron chi connectivity index (χ2n) is 6.03. The van der Waals surface area contributed by atoms with Crippen LogP contribution in [0.25, 0.3) is 0 Å². The van der Waals surface area contributed by atoms with Crippen molar-refractivity contribution in [3.63, 3.8) is 0 Å². The Morgan fingerprint density at radius 3 is 2.68 bits per heavy atom. The number of rotatable bonds is 3. The lowest BCUT2D eigenvalue weighted by molar-refractivity contribution is -0.131. The highest BCUT2D eigenvalue weighted by Gasteiger charge is 2.42. The lowest BCUT2D eigenvalue weighted by Gasteiger charge is -2.36. The third kappa shape index (κ3) is 3.27. The molecule has 0 radical (unpaired) electrons. The summed E-state index contributed by atoms with van der Waals surface area (Å²) in [7, 11) is 0. The third-order valence-corrected chi connectivity index (χ3v) is 4.47. The Bertz CT molecular complexity index is 513. The quantitative estimate of drug-likeness (QED) is 0.865. The first-order chi connectivity index (χ1) is 10.4. The van der Waals surface area contributed by atoms with Gasteiger partial charge >= 0.3 is 0 Å². The van der Waals surface area contributed by atoms with Crippen LogP contribution in [0.1, 0.15) is 12.8 Å². The van der Waals surface area contributed by atoms with Gasteiger partial charge in [-0.15, -0.1) is 0 Å². The Morgan fingerprint density at radius 1 is 1.32 bits per heavy atom. The van der Waals surface area contributed by atoms with Crippen LogP contribution in [-0.4, -0.2) is 74.8 Å². The predicted molar refractivity (Wildman–Crippen MR) is 74.4 cm³/mol. The largest absolute Gasteiger partial charge is 0.390 e. The summed E-state index contributed by atoms with van der Waals surface area (Å²) in [5.74, 6) is -2.72. The molecule has 8 heteroatoms. The van der Waals surface area contributed by atoms with Gasteiger partial charge in [0.2, 0.25) is 5.91 Å². The highest BCUT2D eigenvalue weighted by Crippen LogP contribution is 2.30. The second kappa shape index (κ2) is 5.92. The lowest BCUT2D eigenvalue weighted by Crippen LogP contribution is -2.49. The van der Waals surface area contributed by atoms with E-state index >= 15 is 0 Å². The molecule has 2 atom stereocenters. The molecule has 3 rings (SSSR count). The first-order valence-electron chi connectivity index (χ1n) is 7.50. The van der Waals surface area contributed by atoms with Crippen molar-refractivity contribution in [1.29, 1.82) is 0 Å². The van der Waals surface area contributed by atoms with Gasteiger partial charge in [0, 0.05) is 51.4 Å². The number of alkyl halides is 2. The van der Waals surface area contributed by atoms with Gasteiger partial charge in [0.05, 0.1) is 12.1 Å². The van der Waals surface area contributed by atoms with Gasteiger partial charge in [-0.25, -0.2) is 8.78 Å². The van der Waals surface area contributed by atoms with Gasteiger partial charge in [-0.3, -0.25) is 14.4 Å². The van der Waals surface area contributed by atoms with Crippen LogP contribution in [0.15, 0.2) is 18.5 Å². The van der Waals surface area contributed by atoms with Crippen molar-refractivity contribution in [2.24, 2.45) is 0 Å². The number of carbonyl (C=O) groups excluding carboxylic acids is 1. The number of aromatic nitrogens is 2. The van der Waals surface area contributed by atoms with Crippen molar-refractivity contribution in [3.8, 4) is 0 Å². The normalized spacial score (nSPS) is 29.0. The fourth-order valence-electron chi connectivity index (χ4n) is 3.15. The SMILES string of the molecule is O=C(Cn1cccn1)N1C[C@@H](O)[C@H](N2CCC(F)(F)CC2)C1. The molecule has 0 spiro atoms. The predicted octanol–water partition coefficient (Wildman–Crippen LogP) is 0.186. The van der Waals surface area contributed by atoms with Crippen molar-refractivity contribution < 1.29 is 18.7 Å². The van der Waals surface area contributed by atoms with Crippen molar-refractivity contribution in [3.05, 3.63) is 18.5 Å². The molecule has 22 heavy (non-hydrogen) atoms. The van der Waals surface area contributed by atoms with Gasteiger partial charge in [-0.05, 0) is 6.07 Å². The van der Waals surface area contributed by atoms with E-state index in [0.29, 0.717) is 6.54 Å². The fraction of sp³-hybridized carbons (Fsp3) is 0.714. The van der Waals surface area contributed by atoms with Crippen LogP contribution in [0, 0.1) is 0 Å². The number of hydrogen-bond acceptors (Lipinski definition) is 4. The maximum Gasteiger partial charge on any atom is 0.250 e. The second-order valence-corrected chi connectivity index (χ2v) is 6.03. The Balaban J connectivity index is 1.56. The smallest absolute Gasteiger partial charge is 0.250 e. The average Bonchev–Trinajstić information content (AvgIpc) is 3.09. The summed E-state index contributed by atoms with van der Waals surface area (Å²) < 4.78 is 28.0. The van der Waals surface area contributed by atoms with Gasteiger partial charge < -0.3 is 10.0 Å². The molecule has 1 aromatic heterocycles. The summed E-state index contributed by atoms with van der Waals surface area (Å²) in [6.07, 6.45) is 2.25. The molecule has 1 aromatic rings. The Morgan fingerprint density at radius 2 is 2.05 bits per heavy atom. The maximum absolute atomic E-state index is 13.2. The van der Waals surface area contributed by atoms with E-state index in [1.807, 2.05) is 4.90 Å². The molecule has 2 aliphatic heterocycles. The molecule has 1 N–H and O–H groups in total. The number of nitrogens with zero attached hydrogens (tertiary/aromatic N) is 4. The minimum Gasteiger partial charge on any atom is -0.390 e. The molecule has 0 saturated carbocycles. The van der Waals surface area contributed by atoms with E-state index in [9.17, 15) is 18.7 Å². The summed E-state index contributed by atoms with van der Waals surface area (Å²) in [5, 5.41) is 14.2. The highest BCUT2D eigenvalue weighted by molar-refractivity contribution is 5.76. The van der Waals surface area contributed by atoms with E-state index in [4.69, 9.17) is 0 Å². The molecular formula is C14H20F2N4O2. The maximum atomic E-state index is 13.2. The first-order valence-corrected chi connectivity index (χ1v) is 7.50. The summed E-state index contributed by atoms with van der Waals surface area (Å²) >= 11 is 0. The molecule has 0 aliphatic carbocycles. The first kappa shape index (κ1) is 15.4. The summed E-state index contributed by atoms with van der Waals surface area (Å²) in [5.41, 5.74) is 0. The van der Waals surface area contributed by atoms with Gasteiger partial charge in [0.1, 0.15) is 6.54 Å². The van der Waals surface area contributed by atoms with Crippen LogP contribution < -0.4 is 0 Å². The van der Waals surface area contributed by atoms with Crippen LogP contribution in [-0.2, 0) is 11.3 Å². The molecule has 1 amide bonds. The molecule has 0 unspecified atom stereocenters. The average molecular weight is 314 g/mol. The monoisotopic (exact) mass is 314 g/mol. The highest BCUT2D eigenvalue weighted by atomic mass is 19.3. The molecule has 0 bridgehead atoms. The van der Waals surface area contributed by atoms with Crippen LogP contribution in [0.3, 0.4) is 0 Å². The van der Waals surface area contributed by atoms with Crippen LogP contribution in [0.5, 0.6) is 0 Å². The molecule has 3 heterocycles. The molecule has 122 valence electrons. The molecule has 0 aromatic carbocycles. The molecule has 2 aliphatic rings. The number of aliphatic hydroxyl groups is 1. The lowest BCUT2D eigenvalue weighted by atomic mass is 10.0. The van der Waals surface area contributed by atoms with E-state index in [1.165, 1.54) is 4.68 Å². The minimum absolute atomic E-state index is 0.118. The number of aliphatic hydroxyl groups excluding tert-OH is 1. The molecule has 2 fully saturated rings. The molecule has 6 nitrogen and oxygen atoms in total. The van der Waals surface area contributed by atoms with Crippen LogP contribution in [0.4, 0.5) is 8.78 Å².